The molecule has 0 radical (unpaired) electrons. The van der Waals surface area contributed by atoms with E-state index < -0.39 is 58.0 Å². The molecule has 8 aliphatic carbocycles. The van der Waals surface area contributed by atoms with E-state index in [4.69, 9.17) is 28.4 Å². The second-order valence-corrected chi connectivity index (χ2v) is 18.6. The van der Waals surface area contributed by atoms with E-state index >= 15 is 0 Å². The van der Waals surface area contributed by atoms with Gasteiger partial charge in [0.15, 0.2) is 0 Å². The van der Waals surface area contributed by atoms with Crippen molar-refractivity contribution in [3.63, 3.8) is 0 Å². The van der Waals surface area contributed by atoms with Crippen molar-refractivity contribution >= 4 is 23.9 Å². The first-order valence-corrected chi connectivity index (χ1v) is 20.2. The van der Waals surface area contributed by atoms with Crippen molar-refractivity contribution in [1.29, 1.82) is 0 Å². The molecule has 8 atom stereocenters. The van der Waals surface area contributed by atoms with Crippen molar-refractivity contribution in [3.05, 3.63) is 0 Å². The predicted octanol–water partition coefficient (Wildman–Crippen LogP) is 6.06. The van der Waals surface area contributed by atoms with Crippen LogP contribution < -0.4 is 0 Å². The second-order valence-electron chi connectivity index (χ2n) is 18.6. The maximum absolute atomic E-state index is 14.2. The third-order valence-corrected chi connectivity index (χ3v) is 14.1. The lowest BCUT2D eigenvalue weighted by Crippen LogP contribution is -2.66. The minimum absolute atomic E-state index is 0.0159. The van der Waals surface area contributed by atoms with Crippen LogP contribution in [0.25, 0.3) is 0 Å². The summed E-state index contributed by atoms with van der Waals surface area (Å²) < 4.78 is 36.4. The Morgan fingerprint density at radius 2 is 1.24 bits per heavy atom. The number of hydrogen-bond donors (Lipinski definition) is 1. The van der Waals surface area contributed by atoms with Gasteiger partial charge in [-0.25, -0.2) is 0 Å². The number of esters is 4. The zero-order valence-corrected chi connectivity index (χ0v) is 30.6. The van der Waals surface area contributed by atoms with Crippen LogP contribution in [-0.4, -0.2) is 71.6 Å². The summed E-state index contributed by atoms with van der Waals surface area (Å²) in [6.07, 6.45) is 11.9. The highest BCUT2D eigenvalue weighted by atomic mass is 16.7. The van der Waals surface area contributed by atoms with Crippen LogP contribution in [0.4, 0.5) is 0 Å². The standard InChI is InChI=1S/C40H58O11/c1-3-29(12-25(2)32(41)50-39-18-26-13-27(19-39)17-38(45,16-26)24-39)33(42)51-40-20-28-14-36(22-40,34(43)48-30-8-4-6-10-46-30)21-37(15-28,23-40)35(44)49-31-9-5-7-11-47-31/h25-31,45H,3-24H2,1-2H3. The molecule has 10 fully saturated rings. The maximum atomic E-state index is 14.2. The molecule has 2 aliphatic heterocycles. The average Bonchev–Trinajstić information content (AvgIpc) is 3.05. The Bertz CT molecular complexity index is 1320. The first kappa shape index (κ1) is 35.8. The van der Waals surface area contributed by atoms with Crippen LogP contribution in [0.1, 0.15) is 142 Å². The molecule has 284 valence electrons. The zero-order valence-electron chi connectivity index (χ0n) is 30.6. The summed E-state index contributed by atoms with van der Waals surface area (Å²) in [6.45, 7) is 4.82. The second kappa shape index (κ2) is 13.3. The smallest absolute Gasteiger partial charge is 0.314 e. The highest BCUT2D eigenvalue weighted by Crippen LogP contribution is 2.68. The quantitative estimate of drug-likeness (QED) is 0.197. The summed E-state index contributed by atoms with van der Waals surface area (Å²) in [7, 11) is 0. The lowest BCUT2D eigenvalue weighted by atomic mass is 9.42. The summed E-state index contributed by atoms with van der Waals surface area (Å²) >= 11 is 0. The fourth-order valence-corrected chi connectivity index (χ4v) is 12.8. The molecule has 0 spiro atoms. The van der Waals surface area contributed by atoms with Gasteiger partial charge in [-0.2, -0.15) is 0 Å². The van der Waals surface area contributed by atoms with Crippen LogP contribution in [-0.2, 0) is 47.6 Å². The minimum Gasteiger partial charge on any atom is -0.459 e. The van der Waals surface area contributed by atoms with Crippen LogP contribution in [0.2, 0.25) is 0 Å². The van der Waals surface area contributed by atoms with E-state index in [1.807, 2.05) is 13.8 Å². The molecule has 0 aromatic rings. The van der Waals surface area contributed by atoms with Crippen molar-refractivity contribution in [2.75, 3.05) is 13.2 Å². The Hall–Kier alpha value is -2.24. The summed E-state index contributed by atoms with van der Waals surface area (Å²) in [6, 6.07) is 0. The van der Waals surface area contributed by atoms with Gasteiger partial charge in [-0.15, -0.1) is 0 Å². The molecule has 0 aromatic heterocycles. The maximum Gasteiger partial charge on any atom is 0.314 e. The molecule has 8 saturated carbocycles. The van der Waals surface area contributed by atoms with Crippen molar-refractivity contribution in [1.82, 2.24) is 0 Å². The van der Waals surface area contributed by atoms with Gasteiger partial charge in [-0.1, -0.05) is 13.8 Å². The van der Waals surface area contributed by atoms with Crippen LogP contribution in [0, 0.1) is 40.4 Å². The molecule has 0 aromatic carbocycles. The van der Waals surface area contributed by atoms with Crippen molar-refractivity contribution in [2.24, 2.45) is 40.4 Å². The molecule has 11 heteroatoms. The van der Waals surface area contributed by atoms with Gasteiger partial charge < -0.3 is 33.5 Å². The lowest BCUT2D eigenvalue weighted by molar-refractivity contribution is -0.253. The van der Waals surface area contributed by atoms with E-state index in [1.54, 1.807) is 0 Å². The number of rotatable bonds is 11. The van der Waals surface area contributed by atoms with E-state index in [-0.39, 0.29) is 30.2 Å². The fraction of sp³-hybridized carbons (Fsp3) is 0.900. The molecule has 11 nitrogen and oxygen atoms in total. The largest absolute Gasteiger partial charge is 0.459 e. The Labute approximate surface area is 301 Å². The van der Waals surface area contributed by atoms with Gasteiger partial charge in [0.05, 0.1) is 41.5 Å². The summed E-state index contributed by atoms with van der Waals surface area (Å²) in [5, 5.41) is 11.2. The van der Waals surface area contributed by atoms with E-state index in [2.05, 4.69) is 0 Å². The Morgan fingerprint density at radius 1 is 0.686 bits per heavy atom. The van der Waals surface area contributed by atoms with Gasteiger partial charge in [0.25, 0.3) is 0 Å². The Morgan fingerprint density at radius 3 is 1.75 bits per heavy atom. The topological polar surface area (TPSA) is 144 Å². The van der Waals surface area contributed by atoms with Gasteiger partial charge in [0.1, 0.15) is 11.2 Å². The van der Waals surface area contributed by atoms with Crippen LogP contribution in [0.15, 0.2) is 0 Å². The molecule has 10 aliphatic rings. The van der Waals surface area contributed by atoms with Crippen LogP contribution in [0.3, 0.4) is 0 Å². The number of hydrogen-bond acceptors (Lipinski definition) is 11. The van der Waals surface area contributed by atoms with Gasteiger partial charge in [0.2, 0.25) is 12.6 Å². The molecule has 8 bridgehead atoms. The molecule has 2 heterocycles. The van der Waals surface area contributed by atoms with E-state index in [0.717, 1.165) is 57.8 Å². The number of aliphatic hydroxyl groups is 1. The molecule has 0 amide bonds. The normalized spacial score (nSPS) is 44.7. The molecular formula is C40H58O11. The van der Waals surface area contributed by atoms with Gasteiger partial charge in [0, 0.05) is 32.1 Å². The van der Waals surface area contributed by atoms with E-state index in [0.29, 0.717) is 89.3 Å². The molecule has 51 heavy (non-hydrogen) atoms. The molecule has 8 unspecified atom stereocenters. The highest BCUT2D eigenvalue weighted by Gasteiger charge is 2.71. The third-order valence-electron chi connectivity index (χ3n) is 14.1. The zero-order chi connectivity index (χ0) is 35.6. The monoisotopic (exact) mass is 714 g/mol. The van der Waals surface area contributed by atoms with Crippen molar-refractivity contribution < 1.29 is 52.7 Å². The lowest BCUT2D eigenvalue weighted by Gasteiger charge is -2.63. The molecule has 10 rings (SSSR count). The molecule has 2 saturated heterocycles. The fourth-order valence-electron chi connectivity index (χ4n) is 12.8. The van der Waals surface area contributed by atoms with Crippen LogP contribution in [0.5, 0.6) is 0 Å². The van der Waals surface area contributed by atoms with E-state index in [9.17, 15) is 24.3 Å². The Kier molecular flexibility index (Phi) is 9.30. The van der Waals surface area contributed by atoms with Crippen molar-refractivity contribution in [2.45, 2.75) is 172 Å². The van der Waals surface area contributed by atoms with Crippen LogP contribution >= 0.6 is 0 Å². The number of carbonyl (C=O) groups is 4. The van der Waals surface area contributed by atoms with E-state index in [1.165, 1.54) is 0 Å². The Balaban J connectivity index is 0.979. The summed E-state index contributed by atoms with van der Waals surface area (Å²) in [5.41, 5.74) is -4.35. The third kappa shape index (κ3) is 6.86. The highest BCUT2D eigenvalue weighted by molar-refractivity contribution is 5.84. The summed E-state index contributed by atoms with van der Waals surface area (Å²) in [4.78, 5) is 56.1. The van der Waals surface area contributed by atoms with Crippen molar-refractivity contribution in [3.8, 4) is 0 Å². The predicted molar refractivity (Wildman–Crippen MR) is 180 cm³/mol. The van der Waals surface area contributed by atoms with Gasteiger partial charge in [-0.3, -0.25) is 19.2 Å². The first-order valence-electron chi connectivity index (χ1n) is 20.2. The summed E-state index contributed by atoms with van der Waals surface area (Å²) in [5.74, 6) is -1.79. The average molecular weight is 715 g/mol. The minimum atomic E-state index is -1.03. The number of carbonyl (C=O) groups excluding carboxylic acids is 4. The van der Waals surface area contributed by atoms with Gasteiger partial charge in [-0.05, 0) is 114 Å². The SMILES string of the molecule is CCC(CC(C)C(=O)OC12CC3CC(CC(O)(C3)C1)C2)C(=O)OC12CC3CC(C(=O)OC4CCCCO4)(C1)CC(C(=O)OC1CCCCO1)(C3)C2. The van der Waals surface area contributed by atoms with Gasteiger partial charge >= 0.3 is 23.9 Å². The number of ether oxygens (including phenoxy) is 6. The molecular weight excluding hydrogens is 656 g/mol. The first-order chi connectivity index (χ1) is 24.3. The molecule has 1 N–H and O–H groups in total.